The predicted octanol–water partition coefficient (Wildman–Crippen LogP) is -0.307. The second kappa shape index (κ2) is 3.61. The highest BCUT2D eigenvalue weighted by molar-refractivity contribution is 8.01. The standard InChI is InChI=1S/C6H9NO3S/c8-5-4(6(9)10)11-3-1-2-7-5/h4H,1-3H2,(H,7,8)(H,9,10). The number of carbonyl (C=O) groups is 2. The third-order valence-corrected chi connectivity index (χ3v) is 2.64. The van der Waals surface area contributed by atoms with Crippen molar-refractivity contribution < 1.29 is 14.7 Å². The normalized spacial score (nSPS) is 25.5. The van der Waals surface area contributed by atoms with Gasteiger partial charge in [-0.2, -0.15) is 0 Å². The van der Waals surface area contributed by atoms with E-state index in [9.17, 15) is 9.59 Å². The van der Waals surface area contributed by atoms with Gasteiger partial charge in [0.15, 0.2) is 5.25 Å². The maximum atomic E-state index is 10.9. The monoisotopic (exact) mass is 175 g/mol. The summed E-state index contributed by atoms with van der Waals surface area (Å²) in [6.45, 7) is 0.593. The second-order valence-corrected chi connectivity index (χ2v) is 3.45. The molecule has 0 radical (unpaired) electrons. The van der Waals surface area contributed by atoms with Gasteiger partial charge in [0.05, 0.1) is 0 Å². The van der Waals surface area contributed by atoms with Crippen LogP contribution in [0.1, 0.15) is 6.42 Å². The second-order valence-electron chi connectivity index (χ2n) is 2.23. The topological polar surface area (TPSA) is 66.4 Å². The van der Waals surface area contributed by atoms with E-state index < -0.39 is 11.2 Å². The molecule has 0 aromatic carbocycles. The van der Waals surface area contributed by atoms with Crippen molar-refractivity contribution in [3.63, 3.8) is 0 Å². The number of aliphatic carboxylic acids is 1. The summed E-state index contributed by atoms with van der Waals surface area (Å²) in [6.07, 6.45) is 0.847. The molecule has 1 rings (SSSR count). The first-order valence-electron chi connectivity index (χ1n) is 3.34. The first kappa shape index (κ1) is 8.39. The van der Waals surface area contributed by atoms with E-state index in [2.05, 4.69) is 5.32 Å². The Labute approximate surface area is 68.3 Å². The van der Waals surface area contributed by atoms with Gasteiger partial charge in [-0.15, -0.1) is 11.8 Å². The van der Waals surface area contributed by atoms with Crippen molar-refractivity contribution in [2.45, 2.75) is 11.7 Å². The molecule has 1 unspecified atom stereocenters. The Hall–Kier alpha value is -0.710. The number of nitrogens with one attached hydrogen (secondary N) is 1. The highest BCUT2D eigenvalue weighted by Crippen LogP contribution is 2.14. The number of carbonyl (C=O) groups excluding carboxylic acids is 1. The number of hydrogen-bond donors (Lipinski definition) is 2. The van der Waals surface area contributed by atoms with Crippen LogP contribution in [0.5, 0.6) is 0 Å². The number of amides is 1. The van der Waals surface area contributed by atoms with Crippen molar-refractivity contribution >= 4 is 23.6 Å². The summed E-state index contributed by atoms with van der Waals surface area (Å²) >= 11 is 1.19. The van der Waals surface area contributed by atoms with E-state index in [1.807, 2.05) is 0 Å². The Morgan fingerprint density at radius 2 is 2.45 bits per heavy atom. The van der Waals surface area contributed by atoms with Crippen LogP contribution in [-0.4, -0.2) is 34.5 Å². The highest BCUT2D eigenvalue weighted by Gasteiger charge is 2.27. The number of rotatable bonds is 1. The zero-order valence-corrected chi connectivity index (χ0v) is 6.69. The number of carboxylic acids is 1. The van der Waals surface area contributed by atoms with Crippen LogP contribution in [0.15, 0.2) is 0 Å². The number of carboxylic acid groups (broad SMARTS) is 1. The maximum Gasteiger partial charge on any atom is 0.326 e. The predicted molar refractivity (Wildman–Crippen MR) is 41.5 cm³/mol. The Balaban J connectivity index is 2.59. The van der Waals surface area contributed by atoms with E-state index >= 15 is 0 Å². The molecule has 1 aliphatic heterocycles. The smallest absolute Gasteiger partial charge is 0.326 e. The van der Waals surface area contributed by atoms with E-state index in [4.69, 9.17) is 5.11 Å². The van der Waals surface area contributed by atoms with Crippen LogP contribution >= 0.6 is 11.8 Å². The lowest BCUT2D eigenvalue weighted by Gasteiger charge is -2.05. The molecule has 5 heteroatoms. The lowest BCUT2D eigenvalue weighted by molar-refractivity contribution is -0.139. The zero-order valence-electron chi connectivity index (χ0n) is 5.87. The SMILES string of the molecule is O=C(O)C1SCCCNC1=O. The van der Waals surface area contributed by atoms with Gasteiger partial charge in [0.25, 0.3) is 0 Å². The van der Waals surface area contributed by atoms with Gasteiger partial charge >= 0.3 is 5.97 Å². The molecule has 1 atom stereocenters. The van der Waals surface area contributed by atoms with Crippen LogP contribution in [0.2, 0.25) is 0 Å². The van der Waals surface area contributed by atoms with Gasteiger partial charge in [-0.3, -0.25) is 9.59 Å². The molecule has 0 aromatic rings. The van der Waals surface area contributed by atoms with E-state index in [-0.39, 0.29) is 5.91 Å². The first-order chi connectivity index (χ1) is 5.22. The van der Waals surface area contributed by atoms with E-state index in [1.165, 1.54) is 11.8 Å². The van der Waals surface area contributed by atoms with Crippen molar-refractivity contribution in [3.8, 4) is 0 Å². The van der Waals surface area contributed by atoms with Crippen molar-refractivity contribution in [2.75, 3.05) is 12.3 Å². The minimum absolute atomic E-state index is 0.375. The summed E-state index contributed by atoms with van der Waals surface area (Å²) in [6, 6.07) is 0. The molecule has 0 spiro atoms. The van der Waals surface area contributed by atoms with Crippen LogP contribution in [0.25, 0.3) is 0 Å². The lowest BCUT2D eigenvalue weighted by Crippen LogP contribution is -2.36. The van der Waals surface area contributed by atoms with Gasteiger partial charge in [0, 0.05) is 6.54 Å². The van der Waals surface area contributed by atoms with Gasteiger partial charge < -0.3 is 10.4 Å². The summed E-state index contributed by atoms with van der Waals surface area (Å²) in [7, 11) is 0. The fourth-order valence-electron chi connectivity index (χ4n) is 0.837. The Kier molecular flexibility index (Phi) is 2.76. The average molecular weight is 175 g/mol. The molecule has 1 saturated heterocycles. The van der Waals surface area contributed by atoms with Crippen molar-refractivity contribution in [2.24, 2.45) is 0 Å². The third-order valence-electron chi connectivity index (χ3n) is 1.37. The number of thioether (sulfide) groups is 1. The van der Waals surface area contributed by atoms with Gasteiger partial charge in [0.2, 0.25) is 5.91 Å². The molecule has 62 valence electrons. The molecule has 11 heavy (non-hydrogen) atoms. The van der Waals surface area contributed by atoms with Gasteiger partial charge in [-0.05, 0) is 12.2 Å². The van der Waals surface area contributed by atoms with Crippen LogP contribution in [0.4, 0.5) is 0 Å². The van der Waals surface area contributed by atoms with Crippen molar-refractivity contribution in [1.29, 1.82) is 0 Å². The molecule has 1 fully saturated rings. The fourth-order valence-corrected chi connectivity index (χ4v) is 1.76. The van der Waals surface area contributed by atoms with Gasteiger partial charge in [0.1, 0.15) is 0 Å². The highest BCUT2D eigenvalue weighted by atomic mass is 32.2. The van der Waals surface area contributed by atoms with Crippen molar-refractivity contribution in [3.05, 3.63) is 0 Å². The summed E-state index contributed by atoms with van der Waals surface area (Å²) in [5.41, 5.74) is 0. The molecule has 0 bridgehead atoms. The first-order valence-corrected chi connectivity index (χ1v) is 4.39. The van der Waals surface area contributed by atoms with Gasteiger partial charge in [-0.25, -0.2) is 0 Å². The van der Waals surface area contributed by atoms with Gasteiger partial charge in [-0.1, -0.05) is 0 Å². The third kappa shape index (κ3) is 2.11. The number of hydrogen-bond acceptors (Lipinski definition) is 3. The molecule has 1 amide bonds. The summed E-state index contributed by atoms with van der Waals surface area (Å²) < 4.78 is 0. The molecular formula is C6H9NO3S. The minimum atomic E-state index is -1.05. The maximum absolute atomic E-state index is 10.9. The van der Waals surface area contributed by atoms with Crippen LogP contribution in [0, 0.1) is 0 Å². The molecular weight excluding hydrogens is 166 g/mol. The molecule has 0 saturated carbocycles. The largest absolute Gasteiger partial charge is 0.480 e. The Bertz CT molecular complexity index is 183. The quantitative estimate of drug-likeness (QED) is 0.537. The van der Waals surface area contributed by atoms with E-state index in [0.29, 0.717) is 6.54 Å². The molecule has 1 aliphatic rings. The zero-order chi connectivity index (χ0) is 8.27. The van der Waals surface area contributed by atoms with E-state index in [1.54, 1.807) is 0 Å². The van der Waals surface area contributed by atoms with Crippen LogP contribution < -0.4 is 5.32 Å². The molecule has 0 aliphatic carbocycles. The lowest BCUT2D eigenvalue weighted by atomic mass is 10.4. The molecule has 1 heterocycles. The molecule has 0 aromatic heterocycles. The summed E-state index contributed by atoms with van der Waals surface area (Å²) in [5.74, 6) is -0.690. The average Bonchev–Trinajstić information content (AvgIpc) is 2.13. The Morgan fingerprint density at radius 3 is 3.09 bits per heavy atom. The fraction of sp³-hybridized carbons (Fsp3) is 0.667. The molecule has 2 N–H and O–H groups in total. The minimum Gasteiger partial charge on any atom is -0.480 e. The summed E-state index contributed by atoms with van der Waals surface area (Å²) in [5, 5.41) is 10.2. The van der Waals surface area contributed by atoms with E-state index in [0.717, 1.165) is 12.2 Å². The van der Waals surface area contributed by atoms with Crippen LogP contribution in [0.3, 0.4) is 0 Å². The summed E-state index contributed by atoms with van der Waals surface area (Å²) in [4.78, 5) is 21.4. The Morgan fingerprint density at radius 1 is 1.73 bits per heavy atom. The van der Waals surface area contributed by atoms with Crippen LogP contribution in [-0.2, 0) is 9.59 Å². The van der Waals surface area contributed by atoms with Crippen molar-refractivity contribution in [1.82, 2.24) is 5.32 Å². The molecule has 4 nitrogen and oxygen atoms in total.